The first kappa shape index (κ1) is 19.2. The number of hydrogen-bond donors (Lipinski definition) is 1. The molecule has 27 heavy (non-hydrogen) atoms. The Kier molecular flexibility index (Phi) is 6.01. The second-order valence-corrected chi connectivity index (χ2v) is 6.64. The highest BCUT2D eigenvalue weighted by Crippen LogP contribution is 2.32. The molecule has 0 aliphatic rings. The number of hydrazone groups is 1. The highest BCUT2D eigenvalue weighted by molar-refractivity contribution is 6.36. The Bertz CT molecular complexity index is 998. The highest BCUT2D eigenvalue weighted by Gasteiger charge is 2.14. The van der Waals surface area contributed by atoms with Crippen LogP contribution in [0, 0.1) is 10.1 Å². The molecule has 0 spiro atoms. The van der Waals surface area contributed by atoms with Gasteiger partial charge in [-0.1, -0.05) is 40.9 Å². The number of nitro groups is 1. The molecule has 0 aliphatic heterocycles. The Morgan fingerprint density at radius 1 is 1.07 bits per heavy atom. The fourth-order valence-corrected chi connectivity index (χ4v) is 3.06. The number of benzene rings is 2. The molecule has 0 atom stereocenters. The van der Waals surface area contributed by atoms with Crippen molar-refractivity contribution in [1.82, 2.24) is 5.43 Å². The van der Waals surface area contributed by atoms with Crippen LogP contribution in [0.3, 0.4) is 0 Å². The Balaban J connectivity index is 1.70. The van der Waals surface area contributed by atoms with Crippen LogP contribution in [0.2, 0.25) is 15.1 Å². The van der Waals surface area contributed by atoms with Crippen LogP contribution in [0.25, 0.3) is 11.3 Å². The van der Waals surface area contributed by atoms with Crippen LogP contribution in [0.5, 0.6) is 0 Å². The molecule has 0 fully saturated rings. The van der Waals surface area contributed by atoms with Crippen LogP contribution in [0.15, 0.2) is 58.0 Å². The van der Waals surface area contributed by atoms with Gasteiger partial charge >= 0.3 is 0 Å². The van der Waals surface area contributed by atoms with Gasteiger partial charge in [0.1, 0.15) is 11.5 Å². The normalized spacial score (nSPS) is 11.1. The van der Waals surface area contributed by atoms with E-state index in [9.17, 15) is 10.1 Å². The van der Waals surface area contributed by atoms with E-state index in [0.717, 1.165) is 5.56 Å². The SMILES string of the molecule is O=[N+]([O-])c1ccc(Cl)c(-c2ccc(/C=N/NCc3c(Cl)cccc3Cl)o2)c1. The molecule has 3 rings (SSSR count). The van der Waals surface area contributed by atoms with Gasteiger partial charge in [0.15, 0.2) is 0 Å². The summed E-state index contributed by atoms with van der Waals surface area (Å²) >= 11 is 18.3. The maximum absolute atomic E-state index is 10.9. The van der Waals surface area contributed by atoms with Gasteiger partial charge < -0.3 is 9.84 Å². The molecule has 3 aromatic rings. The first-order chi connectivity index (χ1) is 13.0. The van der Waals surface area contributed by atoms with Crippen molar-refractivity contribution in [2.75, 3.05) is 0 Å². The van der Waals surface area contributed by atoms with E-state index in [4.69, 9.17) is 39.2 Å². The summed E-state index contributed by atoms with van der Waals surface area (Å²) < 4.78 is 5.64. The third-order valence-electron chi connectivity index (χ3n) is 3.65. The zero-order valence-corrected chi connectivity index (χ0v) is 15.9. The van der Waals surface area contributed by atoms with Crippen molar-refractivity contribution in [3.8, 4) is 11.3 Å². The molecule has 1 N–H and O–H groups in total. The number of non-ortho nitro benzene ring substituents is 1. The van der Waals surface area contributed by atoms with Crippen LogP contribution in [-0.2, 0) is 6.54 Å². The van der Waals surface area contributed by atoms with Gasteiger partial charge in [-0.25, -0.2) is 0 Å². The number of furan rings is 1. The minimum absolute atomic E-state index is 0.0701. The van der Waals surface area contributed by atoms with Crippen molar-refractivity contribution in [3.63, 3.8) is 0 Å². The lowest BCUT2D eigenvalue weighted by atomic mass is 10.1. The van der Waals surface area contributed by atoms with Crippen molar-refractivity contribution in [2.24, 2.45) is 5.10 Å². The van der Waals surface area contributed by atoms with E-state index in [1.165, 1.54) is 24.4 Å². The summed E-state index contributed by atoms with van der Waals surface area (Å²) in [5, 5.41) is 16.4. The van der Waals surface area contributed by atoms with E-state index in [0.29, 0.717) is 38.7 Å². The van der Waals surface area contributed by atoms with Gasteiger partial charge in [-0.2, -0.15) is 5.10 Å². The van der Waals surface area contributed by atoms with Crippen LogP contribution in [-0.4, -0.2) is 11.1 Å². The van der Waals surface area contributed by atoms with Gasteiger partial charge in [0, 0.05) is 33.3 Å². The summed E-state index contributed by atoms with van der Waals surface area (Å²) in [6.07, 6.45) is 1.47. The molecule has 1 aromatic heterocycles. The van der Waals surface area contributed by atoms with Crippen molar-refractivity contribution in [3.05, 3.63) is 85.0 Å². The van der Waals surface area contributed by atoms with E-state index in [1.54, 1.807) is 30.3 Å². The first-order valence-electron chi connectivity index (χ1n) is 7.68. The molecule has 0 saturated carbocycles. The summed E-state index contributed by atoms with van der Waals surface area (Å²) in [5.41, 5.74) is 3.94. The molecule has 1 heterocycles. The number of halogens is 3. The number of nitrogens with zero attached hydrogens (tertiary/aromatic N) is 2. The summed E-state index contributed by atoms with van der Waals surface area (Å²) in [6.45, 7) is 0.347. The predicted molar refractivity (Wildman–Crippen MR) is 107 cm³/mol. The van der Waals surface area contributed by atoms with E-state index >= 15 is 0 Å². The van der Waals surface area contributed by atoms with Crippen molar-refractivity contribution < 1.29 is 9.34 Å². The fourth-order valence-electron chi connectivity index (χ4n) is 2.32. The Morgan fingerprint density at radius 2 is 1.81 bits per heavy atom. The number of rotatable bonds is 6. The number of nitrogens with one attached hydrogen (secondary N) is 1. The Labute approximate surface area is 169 Å². The summed E-state index contributed by atoms with van der Waals surface area (Å²) in [7, 11) is 0. The quantitative estimate of drug-likeness (QED) is 0.302. The lowest BCUT2D eigenvalue weighted by Gasteiger charge is -2.05. The van der Waals surface area contributed by atoms with E-state index in [-0.39, 0.29) is 5.69 Å². The van der Waals surface area contributed by atoms with E-state index in [1.807, 2.05) is 0 Å². The first-order valence-corrected chi connectivity index (χ1v) is 8.82. The van der Waals surface area contributed by atoms with Gasteiger partial charge in [0.25, 0.3) is 5.69 Å². The average molecular weight is 425 g/mol. The smallest absolute Gasteiger partial charge is 0.270 e. The van der Waals surface area contributed by atoms with Crippen molar-refractivity contribution in [1.29, 1.82) is 0 Å². The number of nitro benzene ring substituents is 1. The third-order valence-corrected chi connectivity index (χ3v) is 4.69. The second-order valence-electron chi connectivity index (χ2n) is 5.42. The van der Waals surface area contributed by atoms with Gasteiger partial charge in [0.2, 0.25) is 0 Å². The average Bonchev–Trinajstić information content (AvgIpc) is 3.09. The van der Waals surface area contributed by atoms with E-state index in [2.05, 4.69) is 10.5 Å². The second kappa shape index (κ2) is 8.43. The van der Waals surface area contributed by atoms with Gasteiger partial charge in [-0.15, -0.1) is 0 Å². The zero-order valence-electron chi connectivity index (χ0n) is 13.7. The highest BCUT2D eigenvalue weighted by atomic mass is 35.5. The molecule has 9 heteroatoms. The lowest BCUT2D eigenvalue weighted by Crippen LogP contribution is -2.06. The van der Waals surface area contributed by atoms with Gasteiger partial charge in [-0.05, 0) is 30.3 Å². The molecule has 2 aromatic carbocycles. The minimum atomic E-state index is -0.491. The van der Waals surface area contributed by atoms with E-state index < -0.39 is 4.92 Å². The summed E-state index contributed by atoms with van der Waals surface area (Å²) in [5.74, 6) is 0.852. The topological polar surface area (TPSA) is 80.7 Å². The standard InChI is InChI=1S/C18H12Cl3N3O3/c19-15-2-1-3-16(20)14(15)10-23-22-9-12-5-7-18(27-12)13-8-11(24(25)26)4-6-17(13)21/h1-9,23H,10H2/b22-9+. The molecule has 138 valence electrons. The Morgan fingerprint density at radius 3 is 2.52 bits per heavy atom. The molecule has 0 amide bonds. The lowest BCUT2D eigenvalue weighted by molar-refractivity contribution is -0.384. The van der Waals surface area contributed by atoms with Crippen LogP contribution < -0.4 is 5.43 Å². The Hall–Kier alpha value is -2.54. The molecule has 0 aliphatic carbocycles. The largest absolute Gasteiger partial charge is 0.455 e. The van der Waals surface area contributed by atoms with Crippen molar-refractivity contribution >= 4 is 46.7 Å². The molecule has 6 nitrogen and oxygen atoms in total. The minimum Gasteiger partial charge on any atom is -0.455 e. The third kappa shape index (κ3) is 4.60. The molecular formula is C18H12Cl3N3O3. The summed E-state index contributed by atoms with van der Waals surface area (Å²) in [6, 6.07) is 12.8. The maximum Gasteiger partial charge on any atom is 0.270 e. The molecule has 0 saturated heterocycles. The predicted octanol–water partition coefficient (Wildman–Crippen LogP) is 5.94. The van der Waals surface area contributed by atoms with Crippen LogP contribution in [0.1, 0.15) is 11.3 Å². The van der Waals surface area contributed by atoms with Crippen LogP contribution in [0.4, 0.5) is 5.69 Å². The van der Waals surface area contributed by atoms with Gasteiger partial charge in [0.05, 0.1) is 22.7 Å². The zero-order chi connectivity index (χ0) is 19.4. The summed E-state index contributed by atoms with van der Waals surface area (Å²) in [4.78, 5) is 10.4. The fraction of sp³-hybridized carbons (Fsp3) is 0.0556. The molecule has 0 unspecified atom stereocenters. The van der Waals surface area contributed by atoms with Crippen molar-refractivity contribution in [2.45, 2.75) is 6.54 Å². The maximum atomic E-state index is 10.9. The monoisotopic (exact) mass is 423 g/mol. The number of hydrogen-bond acceptors (Lipinski definition) is 5. The molecule has 0 bridgehead atoms. The molecule has 0 radical (unpaired) electrons. The van der Waals surface area contributed by atoms with Gasteiger partial charge in [-0.3, -0.25) is 10.1 Å². The van der Waals surface area contributed by atoms with Crippen LogP contribution >= 0.6 is 34.8 Å². The molecular weight excluding hydrogens is 413 g/mol.